The van der Waals surface area contributed by atoms with Crippen LogP contribution in [0.5, 0.6) is 0 Å². The van der Waals surface area contributed by atoms with E-state index in [0.717, 1.165) is 0 Å². The minimum atomic E-state index is -0.188. The molecule has 0 radical (unpaired) electrons. The zero-order valence-electron chi connectivity index (χ0n) is 7.28. The fourth-order valence-electron chi connectivity index (χ4n) is 1.21. The van der Waals surface area contributed by atoms with Gasteiger partial charge >= 0.3 is 0 Å². The SMILES string of the molecule is O=c1cccc(-c2cccc(=O)[nH]2)[nH]1. The summed E-state index contributed by atoms with van der Waals surface area (Å²) < 4.78 is 0. The van der Waals surface area contributed by atoms with Crippen LogP contribution >= 0.6 is 0 Å². The lowest BCUT2D eigenvalue weighted by molar-refractivity contribution is 1.17. The molecule has 4 nitrogen and oxygen atoms in total. The molecule has 0 saturated carbocycles. The third-order valence-electron chi connectivity index (χ3n) is 1.83. The summed E-state index contributed by atoms with van der Waals surface area (Å²) in [6.07, 6.45) is 0. The molecule has 0 unspecified atom stereocenters. The van der Waals surface area contributed by atoms with E-state index in [0.29, 0.717) is 11.4 Å². The third kappa shape index (κ3) is 1.64. The molecule has 2 aromatic heterocycles. The molecule has 14 heavy (non-hydrogen) atoms. The zero-order chi connectivity index (χ0) is 9.97. The molecule has 0 aromatic carbocycles. The van der Waals surface area contributed by atoms with Crippen molar-refractivity contribution in [3.63, 3.8) is 0 Å². The second-order valence-corrected chi connectivity index (χ2v) is 2.86. The van der Waals surface area contributed by atoms with Gasteiger partial charge < -0.3 is 9.97 Å². The molecule has 2 rings (SSSR count). The molecule has 0 bridgehead atoms. The summed E-state index contributed by atoms with van der Waals surface area (Å²) in [6, 6.07) is 9.58. The van der Waals surface area contributed by atoms with Gasteiger partial charge in [0, 0.05) is 12.1 Å². The monoisotopic (exact) mass is 188 g/mol. The third-order valence-corrected chi connectivity index (χ3v) is 1.83. The second kappa shape index (κ2) is 3.33. The number of H-pyrrole nitrogens is 2. The van der Waals surface area contributed by atoms with E-state index in [2.05, 4.69) is 9.97 Å². The van der Waals surface area contributed by atoms with Gasteiger partial charge in [0.1, 0.15) is 0 Å². The maximum atomic E-state index is 11.0. The van der Waals surface area contributed by atoms with Crippen LogP contribution in [0.1, 0.15) is 0 Å². The normalized spacial score (nSPS) is 10.0. The fraction of sp³-hybridized carbons (Fsp3) is 0. The van der Waals surface area contributed by atoms with Crippen molar-refractivity contribution in [3.05, 3.63) is 57.1 Å². The van der Waals surface area contributed by atoms with Gasteiger partial charge in [-0.25, -0.2) is 0 Å². The smallest absolute Gasteiger partial charge is 0.248 e. The van der Waals surface area contributed by atoms with Crippen LogP contribution in [0.2, 0.25) is 0 Å². The van der Waals surface area contributed by atoms with Crippen molar-refractivity contribution in [1.29, 1.82) is 0 Å². The highest BCUT2D eigenvalue weighted by Gasteiger charge is 1.97. The Morgan fingerprint density at radius 2 is 1.14 bits per heavy atom. The summed E-state index contributed by atoms with van der Waals surface area (Å²) in [4.78, 5) is 27.3. The lowest BCUT2D eigenvalue weighted by atomic mass is 10.2. The zero-order valence-corrected chi connectivity index (χ0v) is 7.28. The van der Waals surface area contributed by atoms with Gasteiger partial charge in [0.15, 0.2) is 0 Å². The molecule has 0 saturated heterocycles. The van der Waals surface area contributed by atoms with E-state index in [4.69, 9.17) is 0 Å². The first kappa shape index (κ1) is 8.50. The molecule has 4 heteroatoms. The quantitative estimate of drug-likeness (QED) is 0.692. The van der Waals surface area contributed by atoms with Crippen LogP contribution in [0.25, 0.3) is 11.4 Å². The average molecular weight is 188 g/mol. The van der Waals surface area contributed by atoms with Crippen LogP contribution in [-0.4, -0.2) is 9.97 Å². The number of aromatic amines is 2. The first-order valence-electron chi connectivity index (χ1n) is 4.15. The van der Waals surface area contributed by atoms with Gasteiger partial charge in [-0.05, 0) is 12.1 Å². The first-order valence-corrected chi connectivity index (χ1v) is 4.15. The number of nitrogens with one attached hydrogen (secondary N) is 2. The van der Waals surface area contributed by atoms with Gasteiger partial charge in [0.05, 0.1) is 11.4 Å². The Hall–Kier alpha value is -2.10. The van der Waals surface area contributed by atoms with Gasteiger partial charge in [0.25, 0.3) is 0 Å². The number of rotatable bonds is 1. The van der Waals surface area contributed by atoms with Gasteiger partial charge in [-0.3, -0.25) is 9.59 Å². The van der Waals surface area contributed by atoms with E-state index in [9.17, 15) is 9.59 Å². The van der Waals surface area contributed by atoms with E-state index >= 15 is 0 Å². The van der Waals surface area contributed by atoms with Gasteiger partial charge in [-0.2, -0.15) is 0 Å². The molecule has 0 amide bonds. The summed E-state index contributed by atoms with van der Waals surface area (Å²) in [5.41, 5.74) is 0.838. The van der Waals surface area contributed by atoms with Crippen molar-refractivity contribution in [1.82, 2.24) is 9.97 Å². The van der Waals surface area contributed by atoms with Gasteiger partial charge in [-0.1, -0.05) is 12.1 Å². The molecule has 2 N–H and O–H groups in total. The molecule has 70 valence electrons. The van der Waals surface area contributed by atoms with Crippen molar-refractivity contribution < 1.29 is 0 Å². The predicted molar refractivity (Wildman–Crippen MR) is 53.1 cm³/mol. The van der Waals surface area contributed by atoms with Crippen LogP contribution < -0.4 is 11.1 Å². The van der Waals surface area contributed by atoms with Crippen LogP contribution in [0.15, 0.2) is 46.0 Å². The molecule has 0 atom stereocenters. The molecular weight excluding hydrogens is 180 g/mol. The van der Waals surface area contributed by atoms with Crippen LogP contribution in [-0.2, 0) is 0 Å². The van der Waals surface area contributed by atoms with Crippen molar-refractivity contribution in [2.24, 2.45) is 0 Å². The highest BCUT2D eigenvalue weighted by atomic mass is 16.1. The summed E-state index contributed by atoms with van der Waals surface area (Å²) in [5, 5.41) is 0. The van der Waals surface area contributed by atoms with E-state index in [1.165, 1.54) is 12.1 Å². The molecule has 2 aromatic rings. The van der Waals surface area contributed by atoms with E-state index in [1.54, 1.807) is 24.3 Å². The Morgan fingerprint density at radius 1 is 0.714 bits per heavy atom. The van der Waals surface area contributed by atoms with Gasteiger partial charge in [0.2, 0.25) is 11.1 Å². The highest BCUT2D eigenvalue weighted by molar-refractivity contribution is 5.52. The summed E-state index contributed by atoms with van der Waals surface area (Å²) in [5.74, 6) is 0. The predicted octanol–water partition coefficient (Wildman–Crippen LogP) is 0.730. The Bertz CT molecular complexity index is 503. The molecule has 0 aliphatic rings. The topological polar surface area (TPSA) is 65.7 Å². The lowest BCUT2D eigenvalue weighted by Crippen LogP contribution is -2.08. The Kier molecular flexibility index (Phi) is 2.02. The molecule has 0 fully saturated rings. The molecule has 0 aliphatic carbocycles. The first-order chi connectivity index (χ1) is 6.75. The highest BCUT2D eigenvalue weighted by Crippen LogP contribution is 2.08. The molecule has 0 aliphatic heterocycles. The summed E-state index contributed by atoms with van der Waals surface area (Å²) in [6.45, 7) is 0. The van der Waals surface area contributed by atoms with Crippen molar-refractivity contribution in [2.45, 2.75) is 0 Å². The molecular formula is C10H8N2O2. The lowest BCUT2D eigenvalue weighted by Gasteiger charge is -1.99. The fourth-order valence-corrected chi connectivity index (χ4v) is 1.21. The maximum absolute atomic E-state index is 11.0. The Labute approximate surface area is 79.3 Å². The number of hydrogen-bond acceptors (Lipinski definition) is 2. The van der Waals surface area contributed by atoms with Crippen LogP contribution in [0, 0.1) is 0 Å². The average Bonchev–Trinajstić information content (AvgIpc) is 2.18. The van der Waals surface area contributed by atoms with Crippen molar-refractivity contribution in [3.8, 4) is 11.4 Å². The standard InChI is InChI=1S/C10H8N2O2/c13-9-5-1-3-7(11-9)8-4-2-6-10(14)12-8/h1-6H,(H,11,13)(H,12,14). The summed E-state index contributed by atoms with van der Waals surface area (Å²) >= 11 is 0. The minimum Gasteiger partial charge on any atom is -0.321 e. The second-order valence-electron chi connectivity index (χ2n) is 2.86. The largest absolute Gasteiger partial charge is 0.321 e. The van der Waals surface area contributed by atoms with E-state index < -0.39 is 0 Å². The van der Waals surface area contributed by atoms with Crippen molar-refractivity contribution in [2.75, 3.05) is 0 Å². The number of aromatic nitrogens is 2. The summed E-state index contributed by atoms with van der Waals surface area (Å²) in [7, 11) is 0. The maximum Gasteiger partial charge on any atom is 0.248 e. The van der Waals surface area contributed by atoms with Crippen LogP contribution in [0.4, 0.5) is 0 Å². The number of hydrogen-bond donors (Lipinski definition) is 2. The number of pyridine rings is 2. The van der Waals surface area contributed by atoms with Crippen LogP contribution in [0.3, 0.4) is 0 Å². The molecule has 2 heterocycles. The van der Waals surface area contributed by atoms with E-state index in [1.807, 2.05) is 0 Å². The minimum absolute atomic E-state index is 0.188. The Balaban J connectivity index is 2.60. The molecule has 0 spiro atoms. The van der Waals surface area contributed by atoms with E-state index in [-0.39, 0.29) is 11.1 Å². The Morgan fingerprint density at radius 3 is 1.50 bits per heavy atom. The van der Waals surface area contributed by atoms with Crippen molar-refractivity contribution >= 4 is 0 Å². The van der Waals surface area contributed by atoms with Gasteiger partial charge in [-0.15, -0.1) is 0 Å².